The molecule has 1 fully saturated rings. The van der Waals surface area contributed by atoms with Crippen molar-refractivity contribution >= 4 is 21.8 Å². The number of halogens is 2. The van der Waals surface area contributed by atoms with E-state index in [9.17, 15) is 9.18 Å². The van der Waals surface area contributed by atoms with Crippen LogP contribution in [-0.4, -0.2) is 49.0 Å². The first-order chi connectivity index (χ1) is 13.5. The lowest BCUT2D eigenvalue weighted by Gasteiger charge is -2.22. The molecule has 2 aromatic rings. The van der Waals surface area contributed by atoms with Gasteiger partial charge in [-0.2, -0.15) is 0 Å². The van der Waals surface area contributed by atoms with Crippen molar-refractivity contribution < 1.29 is 13.9 Å². The number of rotatable bonds is 6. The highest BCUT2D eigenvalue weighted by molar-refractivity contribution is 9.10. The Morgan fingerprint density at radius 3 is 2.54 bits per heavy atom. The molecule has 3 rings (SSSR count). The molecule has 1 aliphatic heterocycles. The normalized spacial score (nSPS) is 15.3. The number of aryl methyl sites for hydroxylation is 1. The van der Waals surface area contributed by atoms with Crippen LogP contribution in [0.5, 0.6) is 5.75 Å². The molecule has 0 atom stereocenters. The second-order valence-corrected chi connectivity index (χ2v) is 7.96. The van der Waals surface area contributed by atoms with Gasteiger partial charge in [0, 0.05) is 39.1 Å². The van der Waals surface area contributed by atoms with E-state index in [0.29, 0.717) is 10.9 Å². The first-order valence-electron chi connectivity index (χ1n) is 9.62. The molecular formula is C22H26BrFN2O2. The van der Waals surface area contributed by atoms with E-state index >= 15 is 0 Å². The molecule has 0 spiro atoms. The summed E-state index contributed by atoms with van der Waals surface area (Å²) < 4.78 is 19.1. The molecule has 2 aromatic carbocycles. The van der Waals surface area contributed by atoms with E-state index < -0.39 is 0 Å². The molecule has 1 heterocycles. The fourth-order valence-electron chi connectivity index (χ4n) is 3.48. The number of hydrogen-bond acceptors (Lipinski definition) is 3. The first-order valence-corrected chi connectivity index (χ1v) is 10.4. The highest BCUT2D eigenvalue weighted by Crippen LogP contribution is 2.19. The van der Waals surface area contributed by atoms with Gasteiger partial charge in [-0.1, -0.05) is 18.2 Å². The van der Waals surface area contributed by atoms with E-state index in [0.717, 1.165) is 62.4 Å². The molecular weight excluding hydrogens is 423 g/mol. The predicted octanol–water partition coefficient (Wildman–Crippen LogP) is 4.26. The second kappa shape index (κ2) is 10.0. The standard InChI is InChI=1S/C22H26BrFN2O2/c1-28-19-7-3-17(4-8-19)6-10-22(27)26-12-2-11-25(13-14-26)16-18-5-9-21(24)20(23)15-18/h3-5,7-9,15H,2,6,10-14,16H2,1H3. The Balaban J connectivity index is 1.48. The maximum absolute atomic E-state index is 13.4. The SMILES string of the molecule is COc1ccc(CCC(=O)N2CCCN(Cc3ccc(F)c(Br)c3)CC2)cc1. The molecule has 6 heteroatoms. The van der Waals surface area contributed by atoms with Crippen LogP contribution in [0.2, 0.25) is 0 Å². The third-order valence-electron chi connectivity index (χ3n) is 5.12. The zero-order valence-corrected chi connectivity index (χ0v) is 17.8. The minimum atomic E-state index is -0.242. The second-order valence-electron chi connectivity index (χ2n) is 7.11. The lowest BCUT2D eigenvalue weighted by atomic mass is 10.1. The monoisotopic (exact) mass is 448 g/mol. The zero-order valence-electron chi connectivity index (χ0n) is 16.2. The number of amides is 1. The molecule has 0 radical (unpaired) electrons. The Kier molecular flexibility index (Phi) is 7.45. The molecule has 0 bridgehead atoms. The van der Waals surface area contributed by atoms with Gasteiger partial charge < -0.3 is 9.64 Å². The van der Waals surface area contributed by atoms with E-state index in [4.69, 9.17) is 4.74 Å². The topological polar surface area (TPSA) is 32.8 Å². The predicted molar refractivity (Wildman–Crippen MR) is 112 cm³/mol. The van der Waals surface area contributed by atoms with Crippen LogP contribution >= 0.6 is 15.9 Å². The maximum Gasteiger partial charge on any atom is 0.222 e. The van der Waals surface area contributed by atoms with Crippen LogP contribution in [0.4, 0.5) is 4.39 Å². The molecule has 0 N–H and O–H groups in total. The summed E-state index contributed by atoms with van der Waals surface area (Å²) in [7, 11) is 1.65. The minimum absolute atomic E-state index is 0.210. The molecule has 150 valence electrons. The van der Waals surface area contributed by atoms with Crippen molar-refractivity contribution in [2.45, 2.75) is 25.8 Å². The Morgan fingerprint density at radius 2 is 1.82 bits per heavy atom. The van der Waals surface area contributed by atoms with Gasteiger partial charge in [-0.25, -0.2) is 4.39 Å². The quantitative estimate of drug-likeness (QED) is 0.661. The average Bonchev–Trinajstić information content (AvgIpc) is 2.95. The molecule has 1 amide bonds. The van der Waals surface area contributed by atoms with Gasteiger partial charge in [-0.05, 0) is 64.2 Å². The minimum Gasteiger partial charge on any atom is -0.497 e. The van der Waals surface area contributed by atoms with Gasteiger partial charge in [0.15, 0.2) is 0 Å². The maximum atomic E-state index is 13.4. The van der Waals surface area contributed by atoms with Gasteiger partial charge >= 0.3 is 0 Å². The summed E-state index contributed by atoms with van der Waals surface area (Å²) in [5.41, 5.74) is 2.22. The van der Waals surface area contributed by atoms with E-state index in [1.807, 2.05) is 41.3 Å². The van der Waals surface area contributed by atoms with Crippen LogP contribution in [-0.2, 0) is 17.8 Å². The van der Waals surface area contributed by atoms with Crippen LogP contribution in [0.15, 0.2) is 46.9 Å². The van der Waals surface area contributed by atoms with Gasteiger partial charge in [0.2, 0.25) is 5.91 Å². The van der Waals surface area contributed by atoms with E-state index in [2.05, 4.69) is 20.8 Å². The van der Waals surface area contributed by atoms with Crippen molar-refractivity contribution in [1.29, 1.82) is 0 Å². The van der Waals surface area contributed by atoms with Gasteiger partial charge in [-0.3, -0.25) is 9.69 Å². The number of methoxy groups -OCH3 is 1. The summed E-state index contributed by atoms with van der Waals surface area (Å²) in [5, 5.41) is 0. The summed E-state index contributed by atoms with van der Waals surface area (Å²) in [4.78, 5) is 16.9. The van der Waals surface area contributed by atoms with Crippen LogP contribution in [0.3, 0.4) is 0 Å². The third-order valence-corrected chi connectivity index (χ3v) is 5.73. The van der Waals surface area contributed by atoms with Crippen molar-refractivity contribution in [2.24, 2.45) is 0 Å². The molecule has 0 unspecified atom stereocenters. The highest BCUT2D eigenvalue weighted by Gasteiger charge is 2.19. The number of carbonyl (C=O) groups is 1. The number of benzene rings is 2. The Bertz CT molecular complexity index is 798. The van der Waals surface area contributed by atoms with Crippen molar-refractivity contribution in [3.8, 4) is 5.75 Å². The molecule has 0 saturated carbocycles. The molecule has 0 aromatic heterocycles. The molecule has 1 aliphatic rings. The Morgan fingerprint density at radius 1 is 1.07 bits per heavy atom. The Labute approximate surface area is 174 Å². The molecule has 4 nitrogen and oxygen atoms in total. The van der Waals surface area contributed by atoms with Crippen molar-refractivity contribution in [3.63, 3.8) is 0 Å². The van der Waals surface area contributed by atoms with Gasteiger partial charge in [0.05, 0.1) is 11.6 Å². The summed E-state index contributed by atoms with van der Waals surface area (Å²) in [6.45, 7) is 4.09. The van der Waals surface area contributed by atoms with Crippen LogP contribution in [0.25, 0.3) is 0 Å². The number of carbonyl (C=O) groups excluding carboxylic acids is 1. The largest absolute Gasteiger partial charge is 0.497 e. The highest BCUT2D eigenvalue weighted by atomic mass is 79.9. The molecule has 28 heavy (non-hydrogen) atoms. The van der Waals surface area contributed by atoms with E-state index in [-0.39, 0.29) is 11.7 Å². The lowest BCUT2D eigenvalue weighted by molar-refractivity contribution is -0.131. The smallest absolute Gasteiger partial charge is 0.222 e. The van der Waals surface area contributed by atoms with E-state index in [1.165, 1.54) is 6.07 Å². The van der Waals surface area contributed by atoms with Crippen LogP contribution in [0.1, 0.15) is 24.0 Å². The summed E-state index contributed by atoms with van der Waals surface area (Å²) in [6, 6.07) is 13.0. The summed E-state index contributed by atoms with van der Waals surface area (Å²) in [5.74, 6) is 0.798. The first kappa shape index (κ1) is 20.8. The summed E-state index contributed by atoms with van der Waals surface area (Å²) >= 11 is 3.25. The molecule has 0 aliphatic carbocycles. The number of nitrogens with zero attached hydrogens (tertiary/aromatic N) is 2. The fraction of sp³-hybridized carbons (Fsp3) is 0.409. The van der Waals surface area contributed by atoms with Crippen LogP contribution in [0, 0.1) is 5.82 Å². The van der Waals surface area contributed by atoms with Crippen molar-refractivity contribution in [1.82, 2.24) is 9.80 Å². The number of hydrogen-bond donors (Lipinski definition) is 0. The van der Waals surface area contributed by atoms with Crippen molar-refractivity contribution in [2.75, 3.05) is 33.3 Å². The van der Waals surface area contributed by atoms with Gasteiger partial charge in [-0.15, -0.1) is 0 Å². The van der Waals surface area contributed by atoms with Gasteiger partial charge in [0.25, 0.3) is 0 Å². The van der Waals surface area contributed by atoms with Crippen LogP contribution < -0.4 is 4.74 Å². The molecule has 1 saturated heterocycles. The Hall–Kier alpha value is -1.92. The third kappa shape index (κ3) is 5.79. The average molecular weight is 449 g/mol. The van der Waals surface area contributed by atoms with Crippen molar-refractivity contribution in [3.05, 3.63) is 63.9 Å². The van der Waals surface area contributed by atoms with Gasteiger partial charge in [0.1, 0.15) is 11.6 Å². The summed E-state index contributed by atoms with van der Waals surface area (Å²) in [6.07, 6.45) is 2.22. The van der Waals surface area contributed by atoms with E-state index in [1.54, 1.807) is 7.11 Å². The lowest BCUT2D eigenvalue weighted by Crippen LogP contribution is -2.35. The zero-order chi connectivity index (χ0) is 19.9. The fourth-order valence-corrected chi connectivity index (χ4v) is 3.90. The number of ether oxygens (including phenoxy) is 1.